The summed E-state index contributed by atoms with van der Waals surface area (Å²) in [6.45, 7) is 1.40. The van der Waals surface area contributed by atoms with E-state index in [0.29, 0.717) is 11.7 Å². The molecule has 0 amide bonds. The quantitative estimate of drug-likeness (QED) is 0.629. The zero-order chi connectivity index (χ0) is 11.4. The lowest BCUT2D eigenvalue weighted by Crippen LogP contribution is -2.08. The van der Waals surface area contributed by atoms with E-state index in [1.54, 1.807) is 12.5 Å². The summed E-state index contributed by atoms with van der Waals surface area (Å²) in [5.74, 6) is 0. The monoisotopic (exact) mass is 239 g/mol. The summed E-state index contributed by atoms with van der Waals surface area (Å²) in [7, 11) is 0. The zero-order valence-corrected chi connectivity index (χ0v) is 9.05. The van der Waals surface area contributed by atoms with Crippen LogP contribution in [0, 0.1) is 10.1 Å². The molecule has 8 heteroatoms. The highest BCUT2D eigenvalue weighted by atomic mass is 32.1. The third kappa shape index (κ3) is 2.54. The topological polar surface area (TPSA) is 85.9 Å². The second kappa shape index (κ2) is 4.71. The van der Waals surface area contributed by atoms with Gasteiger partial charge in [-0.2, -0.15) is 0 Å². The molecule has 2 aromatic rings. The van der Waals surface area contributed by atoms with E-state index in [0.717, 1.165) is 17.9 Å². The highest BCUT2D eigenvalue weighted by Gasteiger charge is 2.10. The minimum atomic E-state index is -0.446. The van der Waals surface area contributed by atoms with Crippen LogP contribution in [-0.2, 0) is 6.54 Å². The van der Waals surface area contributed by atoms with Crippen LogP contribution in [0.5, 0.6) is 0 Å². The van der Waals surface area contributed by atoms with Gasteiger partial charge in [0.15, 0.2) is 5.13 Å². The van der Waals surface area contributed by atoms with Gasteiger partial charge < -0.3 is 9.88 Å². The van der Waals surface area contributed by atoms with Crippen molar-refractivity contribution in [2.45, 2.75) is 6.54 Å². The second-order valence-electron chi connectivity index (χ2n) is 2.99. The average Bonchev–Trinajstić information content (AvgIpc) is 2.87. The number of rotatable bonds is 5. The maximum absolute atomic E-state index is 10.4. The third-order valence-electron chi connectivity index (χ3n) is 1.88. The van der Waals surface area contributed by atoms with Gasteiger partial charge in [0.05, 0.1) is 11.3 Å². The van der Waals surface area contributed by atoms with Crippen molar-refractivity contribution in [3.8, 4) is 0 Å². The molecule has 0 saturated carbocycles. The molecule has 2 heterocycles. The summed E-state index contributed by atoms with van der Waals surface area (Å²) in [5, 5.41) is 14.0. The van der Waals surface area contributed by atoms with Gasteiger partial charge in [-0.1, -0.05) is 0 Å². The first-order valence-electron chi connectivity index (χ1n) is 4.55. The number of aromatic nitrogens is 3. The molecule has 16 heavy (non-hydrogen) atoms. The van der Waals surface area contributed by atoms with Crippen molar-refractivity contribution >= 4 is 21.5 Å². The van der Waals surface area contributed by atoms with Gasteiger partial charge in [0.1, 0.15) is 6.20 Å². The zero-order valence-electron chi connectivity index (χ0n) is 8.24. The Morgan fingerprint density at radius 3 is 3.12 bits per heavy atom. The van der Waals surface area contributed by atoms with Gasteiger partial charge >= 0.3 is 5.00 Å². The Labute approximate surface area is 94.9 Å². The summed E-state index contributed by atoms with van der Waals surface area (Å²) in [5.41, 5.74) is 0. The van der Waals surface area contributed by atoms with E-state index in [2.05, 4.69) is 15.3 Å². The van der Waals surface area contributed by atoms with Gasteiger partial charge in [-0.25, -0.2) is 9.97 Å². The van der Waals surface area contributed by atoms with Crippen LogP contribution in [0.2, 0.25) is 0 Å². The van der Waals surface area contributed by atoms with E-state index < -0.39 is 4.92 Å². The molecule has 1 N–H and O–H groups in total. The fourth-order valence-corrected chi connectivity index (χ4v) is 1.80. The average molecular weight is 239 g/mol. The Balaban J connectivity index is 1.83. The van der Waals surface area contributed by atoms with E-state index in [1.165, 1.54) is 6.20 Å². The molecule has 0 aliphatic carbocycles. The van der Waals surface area contributed by atoms with Gasteiger partial charge in [0.25, 0.3) is 0 Å². The lowest BCUT2D eigenvalue weighted by atomic mass is 10.6. The molecule has 0 unspecified atom stereocenters. The number of hydrogen-bond donors (Lipinski definition) is 1. The van der Waals surface area contributed by atoms with Gasteiger partial charge in [0, 0.05) is 25.5 Å². The molecule has 7 nitrogen and oxygen atoms in total. The first kappa shape index (κ1) is 10.6. The van der Waals surface area contributed by atoms with Crippen LogP contribution >= 0.6 is 11.3 Å². The molecule has 84 valence electrons. The highest BCUT2D eigenvalue weighted by molar-refractivity contribution is 7.18. The van der Waals surface area contributed by atoms with Crippen molar-refractivity contribution in [1.29, 1.82) is 0 Å². The van der Waals surface area contributed by atoms with Crippen LogP contribution in [0.15, 0.2) is 24.9 Å². The Morgan fingerprint density at radius 2 is 2.50 bits per heavy atom. The van der Waals surface area contributed by atoms with Crippen LogP contribution in [0.25, 0.3) is 0 Å². The summed E-state index contributed by atoms with van der Waals surface area (Å²) >= 11 is 1.03. The number of nitrogens with zero attached hydrogens (tertiary/aromatic N) is 4. The molecule has 2 rings (SSSR count). The van der Waals surface area contributed by atoms with Gasteiger partial charge in [-0.3, -0.25) is 10.1 Å². The highest BCUT2D eigenvalue weighted by Crippen LogP contribution is 2.24. The van der Waals surface area contributed by atoms with Crippen LogP contribution in [0.1, 0.15) is 0 Å². The molecule has 2 aromatic heterocycles. The predicted molar refractivity (Wildman–Crippen MR) is 59.5 cm³/mol. The SMILES string of the molecule is O=[N+]([O-])c1cnc(NCCn2ccnc2)s1. The molecule has 0 spiro atoms. The number of nitrogens with one attached hydrogen (secondary N) is 1. The molecule has 0 aromatic carbocycles. The van der Waals surface area contributed by atoms with Crippen molar-refractivity contribution < 1.29 is 4.92 Å². The fraction of sp³-hybridized carbons (Fsp3) is 0.250. The van der Waals surface area contributed by atoms with Crippen molar-refractivity contribution in [2.75, 3.05) is 11.9 Å². The van der Waals surface area contributed by atoms with Crippen LogP contribution in [0.3, 0.4) is 0 Å². The van der Waals surface area contributed by atoms with Crippen LogP contribution in [-0.4, -0.2) is 26.0 Å². The summed E-state index contributed by atoms with van der Waals surface area (Å²) in [6, 6.07) is 0. The van der Waals surface area contributed by atoms with E-state index in [-0.39, 0.29) is 5.00 Å². The van der Waals surface area contributed by atoms with Crippen molar-refractivity contribution in [3.05, 3.63) is 35.0 Å². The number of nitro groups is 1. The smallest absolute Gasteiger partial charge is 0.345 e. The van der Waals surface area contributed by atoms with Crippen molar-refractivity contribution in [2.24, 2.45) is 0 Å². The maximum atomic E-state index is 10.4. The van der Waals surface area contributed by atoms with E-state index in [4.69, 9.17) is 0 Å². The minimum Gasteiger partial charge on any atom is -0.360 e. The fourth-order valence-electron chi connectivity index (χ4n) is 1.14. The lowest BCUT2D eigenvalue weighted by Gasteiger charge is -2.02. The summed E-state index contributed by atoms with van der Waals surface area (Å²) in [4.78, 5) is 17.8. The minimum absolute atomic E-state index is 0.0464. The predicted octanol–water partition coefficient (Wildman–Crippen LogP) is 1.36. The van der Waals surface area contributed by atoms with Crippen molar-refractivity contribution in [1.82, 2.24) is 14.5 Å². The number of imidazole rings is 1. The summed E-state index contributed by atoms with van der Waals surface area (Å²) in [6.07, 6.45) is 6.52. The normalized spacial score (nSPS) is 10.2. The van der Waals surface area contributed by atoms with Crippen LogP contribution < -0.4 is 5.32 Å². The molecule has 0 fully saturated rings. The molecular weight excluding hydrogens is 230 g/mol. The lowest BCUT2D eigenvalue weighted by molar-refractivity contribution is -0.380. The molecular formula is C8H9N5O2S. The molecule has 0 radical (unpaired) electrons. The Kier molecular flexibility index (Phi) is 3.10. The van der Waals surface area contributed by atoms with Gasteiger partial charge in [-0.15, -0.1) is 0 Å². The van der Waals surface area contributed by atoms with E-state index >= 15 is 0 Å². The number of hydrogen-bond acceptors (Lipinski definition) is 6. The Bertz CT molecular complexity index is 466. The number of anilines is 1. The Morgan fingerprint density at radius 1 is 1.62 bits per heavy atom. The molecule has 0 bridgehead atoms. The molecule has 0 atom stereocenters. The van der Waals surface area contributed by atoms with Gasteiger partial charge in [-0.05, 0) is 11.3 Å². The first-order valence-corrected chi connectivity index (χ1v) is 5.37. The molecule has 0 saturated heterocycles. The van der Waals surface area contributed by atoms with Crippen molar-refractivity contribution in [3.63, 3.8) is 0 Å². The second-order valence-corrected chi connectivity index (χ2v) is 4.00. The third-order valence-corrected chi connectivity index (χ3v) is 2.79. The van der Waals surface area contributed by atoms with E-state index in [9.17, 15) is 10.1 Å². The maximum Gasteiger partial charge on any atom is 0.345 e. The molecule has 0 aliphatic rings. The Hall–Kier alpha value is -1.96. The number of thiazole rings is 1. The van der Waals surface area contributed by atoms with E-state index in [1.807, 2.05) is 10.8 Å². The standard InChI is InChI=1S/C8H9N5O2S/c14-13(15)7-5-11-8(16-7)10-2-4-12-3-1-9-6-12/h1,3,5-6H,2,4H2,(H,10,11). The summed E-state index contributed by atoms with van der Waals surface area (Å²) < 4.78 is 1.91. The van der Waals surface area contributed by atoms with Crippen LogP contribution in [0.4, 0.5) is 10.1 Å². The first-order chi connectivity index (χ1) is 7.75. The molecule has 0 aliphatic heterocycles. The largest absolute Gasteiger partial charge is 0.360 e. The van der Waals surface area contributed by atoms with Gasteiger partial charge in [0.2, 0.25) is 0 Å².